The topological polar surface area (TPSA) is 84.2 Å². The normalized spacial score (nSPS) is 13.0. The quantitative estimate of drug-likeness (QED) is 0.698. The maximum absolute atomic E-state index is 13.5. The van der Waals surface area contributed by atoms with Gasteiger partial charge in [0.15, 0.2) is 0 Å². The van der Waals surface area contributed by atoms with Crippen LogP contribution in [0.1, 0.15) is 26.3 Å². The minimum atomic E-state index is -0.636. The predicted octanol–water partition coefficient (Wildman–Crippen LogP) is 1.39. The fourth-order valence-corrected chi connectivity index (χ4v) is 1.96. The van der Waals surface area contributed by atoms with E-state index in [1.807, 2.05) is 13.8 Å². The molecular formula is C16H25ClFN3O2. The van der Waals surface area contributed by atoms with Crippen LogP contribution < -0.4 is 16.4 Å². The van der Waals surface area contributed by atoms with Gasteiger partial charge in [0.1, 0.15) is 5.82 Å². The summed E-state index contributed by atoms with van der Waals surface area (Å²) < 4.78 is 13.5. The summed E-state index contributed by atoms with van der Waals surface area (Å²) >= 11 is 0. The van der Waals surface area contributed by atoms with Crippen molar-refractivity contribution in [3.8, 4) is 0 Å². The molecule has 0 radical (unpaired) electrons. The number of carbonyl (C=O) groups excluding carboxylic acids is 2. The molecule has 0 aliphatic carbocycles. The van der Waals surface area contributed by atoms with Crippen molar-refractivity contribution in [3.05, 3.63) is 35.6 Å². The highest BCUT2D eigenvalue weighted by atomic mass is 35.5. The van der Waals surface area contributed by atoms with E-state index < -0.39 is 6.04 Å². The molecule has 7 heteroatoms. The molecule has 0 heterocycles. The largest absolute Gasteiger partial charge is 0.352 e. The summed E-state index contributed by atoms with van der Waals surface area (Å²) in [6, 6.07) is 5.57. The van der Waals surface area contributed by atoms with Gasteiger partial charge in [-0.2, -0.15) is 0 Å². The molecule has 0 aliphatic rings. The fraction of sp³-hybridized carbons (Fsp3) is 0.500. The van der Waals surface area contributed by atoms with Gasteiger partial charge in [-0.25, -0.2) is 4.39 Å². The number of amides is 2. The third-order valence-corrected chi connectivity index (χ3v) is 3.34. The van der Waals surface area contributed by atoms with Crippen LogP contribution in [-0.2, 0) is 16.0 Å². The molecule has 1 aromatic rings. The number of halogens is 2. The van der Waals surface area contributed by atoms with Crippen LogP contribution in [0.5, 0.6) is 0 Å². The smallest absolute Gasteiger partial charge is 0.239 e. The molecule has 0 saturated carbocycles. The fourth-order valence-electron chi connectivity index (χ4n) is 1.96. The van der Waals surface area contributed by atoms with Crippen molar-refractivity contribution in [1.29, 1.82) is 0 Å². The molecule has 0 aliphatic heterocycles. The summed E-state index contributed by atoms with van der Waals surface area (Å²) in [5, 5.41) is 5.21. The molecule has 5 nitrogen and oxygen atoms in total. The van der Waals surface area contributed by atoms with Crippen LogP contribution >= 0.6 is 12.4 Å². The minimum absolute atomic E-state index is 0. The first-order valence-corrected chi connectivity index (χ1v) is 7.37. The molecule has 1 unspecified atom stereocenters. The van der Waals surface area contributed by atoms with E-state index in [9.17, 15) is 14.0 Å². The molecule has 130 valence electrons. The molecular weight excluding hydrogens is 321 g/mol. The average molecular weight is 346 g/mol. The Kier molecular flexibility index (Phi) is 9.44. The van der Waals surface area contributed by atoms with Crippen LogP contribution in [0.4, 0.5) is 4.39 Å². The van der Waals surface area contributed by atoms with Gasteiger partial charge in [0, 0.05) is 6.04 Å². The van der Waals surface area contributed by atoms with Gasteiger partial charge in [-0.1, -0.05) is 32.0 Å². The standard InChI is InChI=1S/C16H24FN3O2.ClH/c1-10(2)15(18)16(22)19-9-14(21)20-11(3)8-12-6-4-5-7-13(12)17;/h4-7,10-11,15H,8-9,18H2,1-3H3,(H,19,22)(H,20,21);1H/t11?,15-;/m0./s1. The van der Waals surface area contributed by atoms with Gasteiger partial charge < -0.3 is 16.4 Å². The monoisotopic (exact) mass is 345 g/mol. The van der Waals surface area contributed by atoms with E-state index in [2.05, 4.69) is 10.6 Å². The SMILES string of the molecule is CC(Cc1ccccc1F)NC(=O)CNC(=O)[C@@H](N)C(C)C.Cl. The van der Waals surface area contributed by atoms with E-state index in [1.165, 1.54) is 6.07 Å². The number of rotatable bonds is 7. The van der Waals surface area contributed by atoms with Gasteiger partial charge in [0.25, 0.3) is 0 Å². The Morgan fingerprint density at radius 2 is 1.83 bits per heavy atom. The molecule has 1 aromatic carbocycles. The molecule has 1 rings (SSSR count). The second-order valence-corrected chi connectivity index (χ2v) is 5.75. The highest BCUT2D eigenvalue weighted by Crippen LogP contribution is 2.08. The van der Waals surface area contributed by atoms with Crippen LogP contribution in [0, 0.1) is 11.7 Å². The van der Waals surface area contributed by atoms with Gasteiger partial charge >= 0.3 is 0 Å². The molecule has 0 bridgehead atoms. The second-order valence-electron chi connectivity index (χ2n) is 5.75. The number of hydrogen-bond acceptors (Lipinski definition) is 3. The minimum Gasteiger partial charge on any atom is -0.352 e. The zero-order valence-corrected chi connectivity index (χ0v) is 14.5. The lowest BCUT2D eigenvalue weighted by molar-refractivity contribution is -0.127. The summed E-state index contributed by atoms with van der Waals surface area (Å²) in [4.78, 5) is 23.4. The second kappa shape index (κ2) is 10.2. The van der Waals surface area contributed by atoms with Gasteiger partial charge in [0.05, 0.1) is 12.6 Å². The average Bonchev–Trinajstić information content (AvgIpc) is 2.46. The van der Waals surface area contributed by atoms with Crippen molar-refractivity contribution in [2.45, 2.75) is 39.3 Å². The van der Waals surface area contributed by atoms with Crippen molar-refractivity contribution < 1.29 is 14.0 Å². The van der Waals surface area contributed by atoms with Gasteiger partial charge in [-0.3, -0.25) is 9.59 Å². The Labute approximate surface area is 142 Å². The van der Waals surface area contributed by atoms with E-state index >= 15 is 0 Å². The van der Waals surface area contributed by atoms with Crippen molar-refractivity contribution in [3.63, 3.8) is 0 Å². The van der Waals surface area contributed by atoms with Crippen LogP contribution in [0.3, 0.4) is 0 Å². The van der Waals surface area contributed by atoms with Gasteiger partial charge in [0.2, 0.25) is 11.8 Å². The van der Waals surface area contributed by atoms with E-state index in [0.717, 1.165) is 0 Å². The van der Waals surface area contributed by atoms with Crippen molar-refractivity contribution in [1.82, 2.24) is 10.6 Å². The highest BCUT2D eigenvalue weighted by Gasteiger charge is 2.18. The molecule has 23 heavy (non-hydrogen) atoms. The Morgan fingerprint density at radius 1 is 1.22 bits per heavy atom. The van der Waals surface area contributed by atoms with E-state index in [4.69, 9.17) is 5.73 Å². The summed E-state index contributed by atoms with van der Waals surface area (Å²) in [6.45, 7) is 5.31. The molecule has 0 saturated heterocycles. The third kappa shape index (κ3) is 7.43. The van der Waals surface area contributed by atoms with Gasteiger partial charge in [-0.15, -0.1) is 12.4 Å². The molecule has 0 fully saturated rings. The molecule has 0 spiro atoms. The van der Waals surface area contributed by atoms with Crippen molar-refractivity contribution >= 4 is 24.2 Å². The van der Waals surface area contributed by atoms with Gasteiger partial charge in [-0.05, 0) is 30.9 Å². The maximum Gasteiger partial charge on any atom is 0.239 e. The van der Waals surface area contributed by atoms with Crippen molar-refractivity contribution in [2.24, 2.45) is 11.7 Å². The number of nitrogens with one attached hydrogen (secondary N) is 2. The van der Waals surface area contributed by atoms with Crippen LogP contribution in [0.25, 0.3) is 0 Å². The predicted molar refractivity (Wildman–Crippen MR) is 90.8 cm³/mol. The Balaban J connectivity index is 0.00000484. The first kappa shape index (κ1) is 21.3. The molecule has 2 amide bonds. The van der Waals surface area contributed by atoms with E-state index in [-0.39, 0.29) is 48.5 Å². The zero-order valence-electron chi connectivity index (χ0n) is 13.6. The lowest BCUT2D eigenvalue weighted by Crippen LogP contribution is -2.48. The summed E-state index contributed by atoms with van der Waals surface area (Å²) in [5.41, 5.74) is 6.22. The van der Waals surface area contributed by atoms with Crippen LogP contribution in [0.15, 0.2) is 24.3 Å². The highest BCUT2D eigenvalue weighted by molar-refractivity contribution is 5.87. The molecule has 4 N–H and O–H groups in total. The lowest BCUT2D eigenvalue weighted by atomic mass is 10.1. The third-order valence-electron chi connectivity index (χ3n) is 3.34. The number of nitrogens with two attached hydrogens (primary N) is 1. The first-order valence-electron chi connectivity index (χ1n) is 7.37. The summed E-state index contributed by atoms with van der Waals surface area (Å²) in [7, 11) is 0. The number of benzene rings is 1. The Hall–Kier alpha value is -1.66. The molecule has 2 atom stereocenters. The Morgan fingerprint density at radius 3 is 2.39 bits per heavy atom. The number of hydrogen-bond donors (Lipinski definition) is 3. The lowest BCUT2D eigenvalue weighted by Gasteiger charge is -2.17. The van der Waals surface area contributed by atoms with Crippen LogP contribution in [-0.4, -0.2) is 30.4 Å². The summed E-state index contributed by atoms with van der Waals surface area (Å²) in [5.74, 6) is -0.970. The Bertz CT molecular complexity index is 526. The maximum atomic E-state index is 13.5. The van der Waals surface area contributed by atoms with Crippen LogP contribution in [0.2, 0.25) is 0 Å². The zero-order chi connectivity index (χ0) is 16.7. The number of carbonyl (C=O) groups is 2. The first-order chi connectivity index (χ1) is 10.3. The summed E-state index contributed by atoms with van der Waals surface area (Å²) in [6.07, 6.45) is 0.387. The van der Waals surface area contributed by atoms with Crippen molar-refractivity contribution in [2.75, 3.05) is 6.54 Å². The van der Waals surface area contributed by atoms with E-state index in [1.54, 1.807) is 25.1 Å². The van der Waals surface area contributed by atoms with E-state index in [0.29, 0.717) is 12.0 Å². The molecule has 0 aromatic heterocycles.